The van der Waals surface area contributed by atoms with Gasteiger partial charge in [-0.2, -0.15) is 0 Å². The third-order valence-electron chi connectivity index (χ3n) is 4.79. The lowest BCUT2D eigenvalue weighted by Crippen LogP contribution is -1.95. The third-order valence-corrected chi connectivity index (χ3v) is 4.79. The molecule has 0 unspecified atom stereocenters. The summed E-state index contributed by atoms with van der Waals surface area (Å²) in [6, 6.07) is 20.1. The van der Waals surface area contributed by atoms with Gasteiger partial charge in [0.25, 0.3) is 0 Å². The molecule has 0 aliphatic heterocycles. The predicted octanol–water partition coefficient (Wildman–Crippen LogP) is 6.68. The topological polar surface area (TPSA) is 51.6 Å². The summed E-state index contributed by atoms with van der Waals surface area (Å²) >= 11 is 0. The van der Waals surface area contributed by atoms with E-state index in [1.807, 2.05) is 60.9 Å². The first-order chi connectivity index (χ1) is 15.5. The Morgan fingerprint density at radius 3 is 1.19 bits per heavy atom. The van der Waals surface area contributed by atoms with Gasteiger partial charge in [0.2, 0.25) is 0 Å². The number of hydrogen-bond donors (Lipinski definition) is 0. The van der Waals surface area contributed by atoms with Crippen LogP contribution in [0.15, 0.2) is 85.5 Å². The van der Waals surface area contributed by atoms with Crippen LogP contribution < -0.4 is 0 Å². The summed E-state index contributed by atoms with van der Waals surface area (Å²) in [5, 5.41) is 0. The van der Waals surface area contributed by atoms with Gasteiger partial charge >= 0.3 is 0 Å². The second-order valence-electron chi connectivity index (χ2n) is 8.73. The van der Waals surface area contributed by atoms with E-state index in [1.54, 1.807) is 12.4 Å². The minimum absolute atomic E-state index is 0.669. The van der Waals surface area contributed by atoms with Gasteiger partial charge in [0, 0.05) is 24.8 Å². The molecular weight excluding hydrogens is 392 g/mol. The zero-order valence-corrected chi connectivity index (χ0v) is 19.4. The van der Waals surface area contributed by atoms with E-state index in [9.17, 15) is 0 Å². The van der Waals surface area contributed by atoms with Gasteiger partial charge in [-0.1, -0.05) is 52.0 Å². The van der Waals surface area contributed by atoms with Crippen molar-refractivity contribution < 1.29 is 0 Å². The molecule has 0 amide bonds. The fourth-order valence-corrected chi connectivity index (χ4v) is 3.36. The maximum absolute atomic E-state index is 4.44. The first-order valence-corrected chi connectivity index (χ1v) is 11.2. The van der Waals surface area contributed by atoms with Crippen LogP contribution in [0.4, 0.5) is 0 Å². The SMILES string of the molecule is CC(C)Cc1ccc(-c2ccccn2)nc1.CC(C)Cc1ccc(-c2ccccn2)nc1. The Morgan fingerprint density at radius 2 is 0.906 bits per heavy atom. The quantitative estimate of drug-likeness (QED) is 0.346. The lowest BCUT2D eigenvalue weighted by atomic mass is 10.0. The van der Waals surface area contributed by atoms with E-state index >= 15 is 0 Å². The van der Waals surface area contributed by atoms with Gasteiger partial charge in [-0.15, -0.1) is 0 Å². The van der Waals surface area contributed by atoms with E-state index in [-0.39, 0.29) is 0 Å². The molecule has 0 N–H and O–H groups in total. The summed E-state index contributed by atoms with van der Waals surface area (Å²) in [6.07, 6.45) is 9.64. The van der Waals surface area contributed by atoms with Crippen molar-refractivity contribution in [3.8, 4) is 22.8 Å². The maximum atomic E-state index is 4.44. The molecule has 0 spiro atoms. The second kappa shape index (κ2) is 11.8. The van der Waals surface area contributed by atoms with Gasteiger partial charge < -0.3 is 0 Å². The molecule has 4 heteroatoms. The molecule has 0 saturated heterocycles. The third kappa shape index (κ3) is 7.38. The highest BCUT2D eigenvalue weighted by Gasteiger charge is 2.02. The smallest absolute Gasteiger partial charge is 0.0886 e. The van der Waals surface area contributed by atoms with Crippen molar-refractivity contribution >= 4 is 0 Å². The van der Waals surface area contributed by atoms with Gasteiger partial charge in [0.1, 0.15) is 0 Å². The molecule has 4 aromatic heterocycles. The number of rotatable bonds is 6. The van der Waals surface area contributed by atoms with Crippen LogP contribution in [-0.2, 0) is 12.8 Å². The standard InChI is InChI=1S/2C14H16N2/c2*1-11(2)9-12-6-7-14(16-10-12)13-5-3-4-8-15-13/h2*3-8,10-11H,9H2,1-2H3. The first-order valence-electron chi connectivity index (χ1n) is 11.2. The van der Waals surface area contributed by atoms with E-state index in [2.05, 4.69) is 59.8 Å². The fourth-order valence-electron chi connectivity index (χ4n) is 3.36. The molecule has 4 rings (SSSR count). The van der Waals surface area contributed by atoms with E-state index in [0.717, 1.165) is 35.6 Å². The summed E-state index contributed by atoms with van der Waals surface area (Å²) < 4.78 is 0. The highest BCUT2D eigenvalue weighted by atomic mass is 14.8. The average Bonchev–Trinajstić information content (AvgIpc) is 2.81. The Morgan fingerprint density at radius 1 is 0.500 bits per heavy atom. The van der Waals surface area contributed by atoms with E-state index in [4.69, 9.17) is 0 Å². The molecule has 0 aliphatic rings. The van der Waals surface area contributed by atoms with Crippen LogP contribution in [-0.4, -0.2) is 19.9 Å². The molecule has 0 aromatic carbocycles. The summed E-state index contributed by atoms with van der Waals surface area (Å²) in [5.74, 6) is 1.34. The van der Waals surface area contributed by atoms with E-state index in [1.165, 1.54) is 11.1 Å². The summed E-state index contributed by atoms with van der Waals surface area (Å²) in [6.45, 7) is 8.86. The van der Waals surface area contributed by atoms with Crippen LogP contribution in [0.25, 0.3) is 22.8 Å². The Kier molecular flexibility index (Phi) is 8.61. The van der Waals surface area contributed by atoms with Crippen LogP contribution in [0, 0.1) is 11.8 Å². The van der Waals surface area contributed by atoms with E-state index < -0.39 is 0 Å². The van der Waals surface area contributed by atoms with Crippen molar-refractivity contribution in [2.45, 2.75) is 40.5 Å². The van der Waals surface area contributed by atoms with Crippen LogP contribution in [0.1, 0.15) is 38.8 Å². The molecule has 0 aliphatic carbocycles. The van der Waals surface area contributed by atoms with Crippen LogP contribution in [0.3, 0.4) is 0 Å². The molecular formula is C28H32N4. The zero-order chi connectivity index (χ0) is 22.8. The largest absolute Gasteiger partial charge is 0.255 e. The Bertz CT molecular complexity index is 953. The summed E-state index contributed by atoms with van der Waals surface area (Å²) in [4.78, 5) is 17.4. The predicted molar refractivity (Wildman–Crippen MR) is 132 cm³/mol. The van der Waals surface area contributed by atoms with Gasteiger partial charge in [-0.25, -0.2) is 0 Å². The van der Waals surface area contributed by atoms with Gasteiger partial charge in [0.05, 0.1) is 22.8 Å². The molecule has 0 saturated carbocycles. The van der Waals surface area contributed by atoms with Crippen molar-refractivity contribution in [3.05, 3.63) is 96.6 Å². The van der Waals surface area contributed by atoms with Crippen molar-refractivity contribution in [1.82, 2.24) is 19.9 Å². The number of pyridine rings is 4. The molecule has 4 nitrogen and oxygen atoms in total. The lowest BCUT2D eigenvalue weighted by Gasteiger charge is -2.05. The monoisotopic (exact) mass is 424 g/mol. The minimum Gasteiger partial charge on any atom is -0.255 e. The first kappa shape index (κ1) is 23.3. The molecule has 164 valence electrons. The maximum Gasteiger partial charge on any atom is 0.0886 e. The van der Waals surface area contributed by atoms with Gasteiger partial charge in [-0.3, -0.25) is 19.9 Å². The van der Waals surface area contributed by atoms with Crippen molar-refractivity contribution in [1.29, 1.82) is 0 Å². The van der Waals surface area contributed by atoms with Crippen LogP contribution in [0.5, 0.6) is 0 Å². The summed E-state index contributed by atoms with van der Waals surface area (Å²) in [7, 11) is 0. The highest BCUT2D eigenvalue weighted by molar-refractivity contribution is 5.54. The van der Waals surface area contributed by atoms with Crippen LogP contribution >= 0.6 is 0 Å². The highest BCUT2D eigenvalue weighted by Crippen LogP contribution is 2.16. The Labute approximate surface area is 191 Å². The van der Waals surface area contributed by atoms with Crippen molar-refractivity contribution in [2.24, 2.45) is 11.8 Å². The van der Waals surface area contributed by atoms with Gasteiger partial charge in [-0.05, 0) is 72.2 Å². The van der Waals surface area contributed by atoms with E-state index in [0.29, 0.717) is 11.8 Å². The van der Waals surface area contributed by atoms with Crippen molar-refractivity contribution in [3.63, 3.8) is 0 Å². The molecule has 32 heavy (non-hydrogen) atoms. The second-order valence-corrected chi connectivity index (χ2v) is 8.73. The zero-order valence-electron chi connectivity index (χ0n) is 19.4. The normalized spacial score (nSPS) is 10.7. The number of hydrogen-bond acceptors (Lipinski definition) is 4. The average molecular weight is 425 g/mol. The number of nitrogens with zero attached hydrogens (tertiary/aromatic N) is 4. The van der Waals surface area contributed by atoms with Gasteiger partial charge in [0.15, 0.2) is 0 Å². The Hall–Kier alpha value is -3.40. The molecule has 0 atom stereocenters. The summed E-state index contributed by atoms with van der Waals surface area (Å²) in [5.41, 5.74) is 6.31. The Balaban J connectivity index is 0.000000181. The fraction of sp³-hybridized carbons (Fsp3) is 0.286. The minimum atomic E-state index is 0.669. The van der Waals surface area contributed by atoms with Crippen LogP contribution in [0.2, 0.25) is 0 Å². The molecule has 0 fully saturated rings. The molecule has 0 radical (unpaired) electrons. The lowest BCUT2D eigenvalue weighted by molar-refractivity contribution is 0.645. The number of aromatic nitrogens is 4. The molecule has 4 aromatic rings. The molecule has 0 bridgehead atoms. The van der Waals surface area contributed by atoms with Crippen molar-refractivity contribution in [2.75, 3.05) is 0 Å². The molecule has 4 heterocycles.